The summed E-state index contributed by atoms with van der Waals surface area (Å²) in [6.45, 7) is 2.93. The van der Waals surface area contributed by atoms with Crippen LogP contribution in [0, 0.1) is 35.6 Å². The number of nitro benzene ring substituents is 1. The lowest BCUT2D eigenvalue weighted by Crippen LogP contribution is -2.27. The summed E-state index contributed by atoms with van der Waals surface area (Å²) in [6.07, 6.45) is 0. The number of hydrogen-bond acceptors (Lipinski definition) is 4. The van der Waals surface area contributed by atoms with Crippen LogP contribution in [-0.2, 0) is 16.6 Å². The number of hydrogen-bond donors (Lipinski definition) is 0. The SMILES string of the molecule is Cc1cc([N+](=O)[O-])cc(S(=O)(=O)N(C)Cc2ccc(F)c(F)c2)c1C. The summed E-state index contributed by atoms with van der Waals surface area (Å²) in [5.41, 5.74) is 0.782. The van der Waals surface area contributed by atoms with E-state index in [1.54, 1.807) is 13.8 Å². The average Bonchev–Trinajstić information content (AvgIpc) is 2.52. The predicted molar refractivity (Wildman–Crippen MR) is 87.6 cm³/mol. The van der Waals surface area contributed by atoms with Gasteiger partial charge in [0.25, 0.3) is 5.69 Å². The zero-order valence-corrected chi connectivity index (χ0v) is 14.6. The largest absolute Gasteiger partial charge is 0.271 e. The van der Waals surface area contributed by atoms with Gasteiger partial charge in [0.2, 0.25) is 10.0 Å². The smallest absolute Gasteiger partial charge is 0.258 e. The van der Waals surface area contributed by atoms with Gasteiger partial charge < -0.3 is 0 Å². The highest BCUT2D eigenvalue weighted by Crippen LogP contribution is 2.28. The van der Waals surface area contributed by atoms with Crippen molar-refractivity contribution in [3.05, 3.63) is 68.8 Å². The molecule has 0 aliphatic carbocycles. The Balaban J connectivity index is 2.43. The van der Waals surface area contributed by atoms with Gasteiger partial charge in [-0.15, -0.1) is 0 Å². The molecule has 0 radical (unpaired) electrons. The maximum atomic E-state index is 13.3. The van der Waals surface area contributed by atoms with Gasteiger partial charge in [-0.3, -0.25) is 10.1 Å². The van der Waals surface area contributed by atoms with Crippen molar-refractivity contribution >= 4 is 15.7 Å². The number of aryl methyl sites for hydroxylation is 1. The normalized spacial score (nSPS) is 11.8. The molecule has 0 amide bonds. The number of non-ortho nitro benzene ring substituents is 1. The van der Waals surface area contributed by atoms with Crippen LogP contribution in [0.1, 0.15) is 16.7 Å². The Hall–Kier alpha value is -2.39. The number of halogens is 2. The highest BCUT2D eigenvalue weighted by molar-refractivity contribution is 7.89. The van der Waals surface area contributed by atoms with E-state index < -0.39 is 26.6 Å². The second-order valence-corrected chi connectivity index (χ2v) is 7.67. The molecule has 0 atom stereocenters. The van der Waals surface area contributed by atoms with E-state index in [0.717, 1.165) is 22.5 Å². The van der Waals surface area contributed by atoms with Crippen LogP contribution in [0.2, 0.25) is 0 Å². The van der Waals surface area contributed by atoms with Crippen LogP contribution in [0.15, 0.2) is 35.2 Å². The summed E-state index contributed by atoms with van der Waals surface area (Å²) in [4.78, 5) is 10.1. The fourth-order valence-corrected chi connectivity index (χ4v) is 3.80. The molecule has 2 aromatic carbocycles. The molecule has 0 aliphatic rings. The number of nitrogens with zero attached hydrogens (tertiary/aromatic N) is 2. The minimum Gasteiger partial charge on any atom is -0.258 e. The summed E-state index contributed by atoms with van der Waals surface area (Å²) < 4.78 is 52.8. The van der Waals surface area contributed by atoms with Crippen molar-refractivity contribution in [3.63, 3.8) is 0 Å². The van der Waals surface area contributed by atoms with E-state index in [-0.39, 0.29) is 22.7 Å². The number of nitro groups is 1. The first-order chi connectivity index (χ1) is 11.5. The number of rotatable bonds is 5. The van der Waals surface area contributed by atoms with E-state index in [1.165, 1.54) is 19.2 Å². The molecule has 2 rings (SSSR count). The topological polar surface area (TPSA) is 80.5 Å². The van der Waals surface area contributed by atoms with Crippen LogP contribution >= 0.6 is 0 Å². The van der Waals surface area contributed by atoms with Gasteiger partial charge in [0, 0.05) is 25.7 Å². The van der Waals surface area contributed by atoms with Crippen LogP contribution in [-0.4, -0.2) is 24.7 Å². The molecule has 134 valence electrons. The Kier molecular flexibility index (Phi) is 5.19. The third-order valence-electron chi connectivity index (χ3n) is 3.89. The van der Waals surface area contributed by atoms with Crippen molar-refractivity contribution in [1.82, 2.24) is 4.31 Å². The van der Waals surface area contributed by atoms with Crippen LogP contribution in [0.5, 0.6) is 0 Å². The summed E-state index contributed by atoms with van der Waals surface area (Å²) in [5, 5.41) is 11.0. The molecule has 6 nitrogen and oxygen atoms in total. The highest BCUT2D eigenvalue weighted by Gasteiger charge is 2.26. The van der Waals surface area contributed by atoms with Crippen molar-refractivity contribution < 1.29 is 22.1 Å². The first-order valence-corrected chi connectivity index (χ1v) is 8.64. The van der Waals surface area contributed by atoms with Gasteiger partial charge in [-0.1, -0.05) is 6.07 Å². The monoisotopic (exact) mass is 370 g/mol. The average molecular weight is 370 g/mol. The van der Waals surface area contributed by atoms with E-state index in [2.05, 4.69) is 0 Å². The molecule has 0 aliphatic heterocycles. The minimum absolute atomic E-state index is 0.190. The lowest BCUT2D eigenvalue weighted by atomic mass is 10.1. The molecular formula is C16H16F2N2O4S. The van der Waals surface area contributed by atoms with Crippen LogP contribution in [0.4, 0.5) is 14.5 Å². The van der Waals surface area contributed by atoms with Crippen molar-refractivity contribution in [2.45, 2.75) is 25.3 Å². The van der Waals surface area contributed by atoms with Gasteiger partial charge in [0.05, 0.1) is 9.82 Å². The molecule has 0 saturated carbocycles. The molecule has 0 spiro atoms. The molecule has 25 heavy (non-hydrogen) atoms. The zero-order chi connectivity index (χ0) is 18.9. The molecule has 0 fully saturated rings. The fourth-order valence-electron chi connectivity index (χ4n) is 2.33. The summed E-state index contributed by atoms with van der Waals surface area (Å²) in [5.74, 6) is -2.11. The first-order valence-electron chi connectivity index (χ1n) is 7.20. The minimum atomic E-state index is -4.06. The van der Waals surface area contributed by atoms with E-state index in [9.17, 15) is 27.3 Å². The number of sulfonamides is 1. The van der Waals surface area contributed by atoms with E-state index in [0.29, 0.717) is 11.1 Å². The Bertz CT molecular complexity index is 945. The molecule has 0 N–H and O–H groups in total. The van der Waals surface area contributed by atoms with E-state index in [1.807, 2.05) is 0 Å². The third kappa shape index (κ3) is 3.83. The van der Waals surface area contributed by atoms with Crippen molar-refractivity contribution in [2.24, 2.45) is 0 Å². The van der Waals surface area contributed by atoms with Crippen LogP contribution < -0.4 is 0 Å². The molecule has 0 unspecified atom stereocenters. The third-order valence-corrected chi connectivity index (χ3v) is 5.82. The summed E-state index contributed by atoms with van der Waals surface area (Å²) in [7, 11) is -2.79. The molecule has 2 aromatic rings. The van der Waals surface area contributed by atoms with Crippen molar-refractivity contribution in [2.75, 3.05) is 7.05 Å². The van der Waals surface area contributed by atoms with E-state index in [4.69, 9.17) is 0 Å². The molecule has 9 heteroatoms. The lowest BCUT2D eigenvalue weighted by Gasteiger charge is -2.19. The maximum absolute atomic E-state index is 13.3. The van der Waals surface area contributed by atoms with Crippen LogP contribution in [0.25, 0.3) is 0 Å². The Labute approximate surface area is 143 Å². The Morgan fingerprint density at radius 2 is 1.76 bits per heavy atom. The van der Waals surface area contributed by atoms with Crippen molar-refractivity contribution in [3.8, 4) is 0 Å². The molecule has 0 bridgehead atoms. The van der Waals surface area contributed by atoms with E-state index >= 15 is 0 Å². The summed E-state index contributed by atoms with van der Waals surface area (Å²) >= 11 is 0. The zero-order valence-electron chi connectivity index (χ0n) is 13.8. The van der Waals surface area contributed by atoms with Crippen LogP contribution in [0.3, 0.4) is 0 Å². The first kappa shape index (κ1) is 18.9. The van der Waals surface area contributed by atoms with Gasteiger partial charge in [0.1, 0.15) is 0 Å². The quantitative estimate of drug-likeness (QED) is 0.597. The molecular weight excluding hydrogens is 354 g/mol. The standard InChI is InChI=1S/C16H16F2N2O4S/c1-10-6-13(20(21)22)8-16(11(10)2)25(23,24)19(3)9-12-4-5-14(17)15(18)7-12/h4-8H,9H2,1-3H3. The lowest BCUT2D eigenvalue weighted by molar-refractivity contribution is -0.385. The van der Waals surface area contributed by atoms with Crippen molar-refractivity contribution in [1.29, 1.82) is 0 Å². The Morgan fingerprint density at radius 1 is 1.12 bits per heavy atom. The van der Waals surface area contributed by atoms with Gasteiger partial charge in [0.15, 0.2) is 11.6 Å². The second-order valence-electron chi connectivity index (χ2n) is 5.65. The molecule has 0 aromatic heterocycles. The number of benzene rings is 2. The molecule has 0 saturated heterocycles. The van der Waals surface area contributed by atoms with Gasteiger partial charge in [-0.25, -0.2) is 17.2 Å². The highest BCUT2D eigenvalue weighted by atomic mass is 32.2. The van der Waals surface area contributed by atoms with Gasteiger partial charge >= 0.3 is 0 Å². The Morgan fingerprint density at radius 3 is 2.32 bits per heavy atom. The van der Waals surface area contributed by atoms with Gasteiger partial charge in [-0.2, -0.15) is 4.31 Å². The predicted octanol–water partition coefficient (Wildman–Crippen LogP) is 3.31. The fraction of sp³-hybridized carbons (Fsp3) is 0.250. The van der Waals surface area contributed by atoms with Gasteiger partial charge in [-0.05, 0) is 42.7 Å². The second kappa shape index (κ2) is 6.85. The summed E-state index contributed by atoms with van der Waals surface area (Å²) in [6, 6.07) is 5.39. The maximum Gasteiger partial charge on any atom is 0.271 e. The molecule has 0 heterocycles.